The predicted molar refractivity (Wildman–Crippen MR) is 215 cm³/mol. The van der Waals surface area contributed by atoms with Gasteiger partial charge in [-0.15, -0.1) is 0 Å². The van der Waals surface area contributed by atoms with Crippen molar-refractivity contribution < 1.29 is 147 Å². The van der Waals surface area contributed by atoms with Crippen LogP contribution in [0.1, 0.15) is 52.7 Å². The Kier molecular flexibility index (Phi) is 58.1. The molecule has 2 N–H and O–H groups in total. The van der Waals surface area contributed by atoms with E-state index in [-0.39, 0.29) is 79.8 Å². The largest absolute Gasteiger partial charge is 2.00 e. The molecule has 4 aromatic rings. The van der Waals surface area contributed by atoms with E-state index in [4.69, 9.17) is 68.9 Å². The Morgan fingerprint density at radius 3 is 0.924 bits per heavy atom. The van der Waals surface area contributed by atoms with Crippen LogP contribution in [-0.2, 0) is 97.0 Å². The zero-order valence-electron chi connectivity index (χ0n) is 35.7. The third-order valence-corrected chi connectivity index (χ3v) is 5.54. The van der Waals surface area contributed by atoms with Gasteiger partial charge in [0.25, 0.3) is 0 Å². The zero-order chi connectivity index (χ0) is 48.8. The van der Waals surface area contributed by atoms with Crippen molar-refractivity contribution in [1.29, 1.82) is 0 Å². The molecular formula is C38H40Br2Mn4N6O16. The topological polar surface area (TPSA) is 380 Å². The summed E-state index contributed by atoms with van der Waals surface area (Å²) < 4.78 is 11.3. The first-order chi connectivity index (χ1) is 28.8. The first kappa shape index (κ1) is 77.9. The maximum Gasteiger partial charge on any atom is 2.00 e. The fourth-order valence-corrected chi connectivity index (χ4v) is 3.55. The minimum atomic E-state index is -1.08. The number of hydrogen-bond donors (Lipinski definition) is 2. The fraction of sp³-hybridized carbons (Fsp3) is 0.211. The third-order valence-electron chi connectivity index (χ3n) is 4.65. The van der Waals surface area contributed by atoms with Crippen LogP contribution in [0.5, 0.6) is 23.0 Å². The number of methoxy groups -OCH3 is 2. The molecule has 28 heteroatoms. The van der Waals surface area contributed by atoms with E-state index in [9.17, 15) is 10.2 Å². The van der Waals surface area contributed by atoms with E-state index in [2.05, 4.69) is 62.9 Å². The summed E-state index contributed by atoms with van der Waals surface area (Å²) in [6.07, 6.45) is 2.88. The van der Waals surface area contributed by atoms with E-state index in [0.29, 0.717) is 43.5 Å². The number of carbonyl (C=O) groups is 6. The van der Waals surface area contributed by atoms with Crippen LogP contribution in [0.2, 0.25) is 0 Å². The Labute approximate surface area is 438 Å². The summed E-state index contributed by atoms with van der Waals surface area (Å²) in [6.45, 7) is 5.83. The molecule has 4 rings (SSSR count). The molecule has 0 amide bonds. The molecule has 2 aromatic carbocycles. The van der Waals surface area contributed by atoms with Crippen molar-refractivity contribution in [1.82, 2.24) is 9.97 Å². The fourth-order valence-electron chi connectivity index (χ4n) is 2.87. The molecular weight excluding hydrogens is 1180 g/mol. The van der Waals surface area contributed by atoms with Crippen molar-refractivity contribution in [2.24, 2.45) is 10.2 Å². The number of nitrogens with one attached hydrogen (secondary N) is 2. The molecule has 22 nitrogen and oxygen atoms in total. The number of hydrazone groups is 2. The van der Waals surface area contributed by atoms with E-state index >= 15 is 0 Å². The molecule has 0 aliphatic carbocycles. The van der Waals surface area contributed by atoms with Gasteiger partial charge in [-0.25, -0.2) is 9.97 Å². The number of para-hydroxylation sites is 2. The standard InChI is InChI=1S/2C13H12BrN3O2.6C2H4O2.4Mn/c2*1-19-10-5-2-4-9(13(10)18)8-15-17-12-7-3-6-11(14)16-12;6*1-2(3)4;;;;/h2*2-8,18H,1H3,(H,16,17);6*1H3,(H,3,4);;;;/q;;;;;;;;4*+2/p-8/b2*15-8+;;;;;;;;;;. The number of pyridine rings is 2. The second-order valence-electron chi connectivity index (χ2n) is 10.1. The molecule has 2 heterocycles. The smallest absolute Gasteiger partial charge is 0.870 e. The molecule has 66 heavy (non-hydrogen) atoms. The number of hydrogen-bond acceptors (Lipinski definition) is 22. The molecule has 0 atom stereocenters. The van der Waals surface area contributed by atoms with Crippen molar-refractivity contribution >= 4 is 91.7 Å². The molecule has 0 aliphatic rings. The van der Waals surface area contributed by atoms with E-state index < -0.39 is 35.8 Å². The van der Waals surface area contributed by atoms with Crippen molar-refractivity contribution in [3.63, 3.8) is 0 Å². The first-order valence-electron chi connectivity index (χ1n) is 16.4. The number of anilines is 2. The maximum atomic E-state index is 11.8. The van der Waals surface area contributed by atoms with Gasteiger partial charge >= 0.3 is 68.3 Å². The number of carbonyl (C=O) groups excluding carboxylic acids is 6. The minimum absolute atomic E-state index is 0. The normalized spacial score (nSPS) is 8.39. The summed E-state index contributed by atoms with van der Waals surface area (Å²) in [4.78, 5) is 61.6. The number of carboxylic acid groups (broad SMARTS) is 6. The Bertz CT molecular complexity index is 1830. The number of carboxylic acids is 6. The zero-order valence-corrected chi connectivity index (χ0v) is 43.6. The van der Waals surface area contributed by atoms with E-state index in [1.54, 1.807) is 48.5 Å². The number of halogens is 2. The molecule has 0 fully saturated rings. The Morgan fingerprint density at radius 1 is 0.485 bits per heavy atom. The molecule has 4 radical (unpaired) electrons. The summed E-state index contributed by atoms with van der Waals surface area (Å²) in [5, 5.41) is 84.9. The number of ether oxygens (including phenoxy) is 2. The number of aliphatic carboxylic acids is 6. The number of nitrogens with zero attached hydrogens (tertiary/aromatic N) is 4. The number of rotatable bonds is 8. The molecule has 360 valence electrons. The van der Waals surface area contributed by atoms with Crippen LogP contribution in [0.15, 0.2) is 92.2 Å². The number of aromatic nitrogens is 2. The van der Waals surface area contributed by atoms with E-state index in [1.165, 1.54) is 26.6 Å². The summed E-state index contributed by atoms with van der Waals surface area (Å²) >= 11 is 6.52. The van der Waals surface area contributed by atoms with Gasteiger partial charge in [-0.3, -0.25) is 10.9 Å². The van der Waals surface area contributed by atoms with E-state index in [0.717, 1.165) is 41.5 Å². The van der Waals surface area contributed by atoms with Gasteiger partial charge in [-0.2, -0.15) is 10.2 Å². The van der Waals surface area contributed by atoms with Gasteiger partial charge in [0, 0.05) is 35.8 Å². The summed E-state index contributed by atoms with van der Waals surface area (Å²) in [5.74, 6) is -5.13. The Morgan fingerprint density at radius 2 is 0.712 bits per heavy atom. The summed E-state index contributed by atoms with van der Waals surface area (Å²) in [5.41, 5.74) is 6.39. The van der Waals surface area contributed by atoms with Crippen LogP contribution in [0.25, 0.3) is 0 Å². The monoisotopic (exact) mass is 1210 g/mol. The van der Waals surface area contributed by atoms with Crippen LogP contribution >= 0.6 is 31.9 Å². The molecule has 0 spiro atoms. The van der Waals surface area contributed by atoms with Crippen LogP contribution in [0.4, 0.5) is 11.6 Å². The second kappa shape index (κ2) is 49.2. The maximum absolute atomic E-state index is 11.8. The molecule has 2 aromatic heterocycles. The minimum Gasteiger partial charge on any atom is -0.870 e. The SMILES string of the molecule is CC(=O)[O-].CC(=O)[O-].CC(=O)[O-].CC(=O)[O-].CC(=O)[O-].CC(=O)[O-].COc1cccc(/C=N/Nc2cccc(Br)n2)c1[O-].COc1cccc(/C=N/Nc2cccc(Br)n2)c1[O-].[Mn+2].[Mn+2].[Mn+2].[Mn+2]. The van der Waals surface area contributed by atoms with Gasteiger partial charge in [0.2, 0.25) is 0 Å². The van der Waals surface area contributed by atoms with E-state index in [1.807, 2.05) is 24.3 Å². The Balaban J connectivity index is -0.000000110. The average molecular weight is 1220 g/mol. The van der Waals surface area contributed by atoms with Gasteiger partial charge in [-0.05, 0) is 121 Å². The predicted octanol–water partition coefficient (Wildman–Crippen LogP) is -2.73. The van der Waals surface area contributed by atoms with Crippen LogP contribution in [0.3, 0.4) is 0 Å². The molecule has 0 unspecified atom stereocenters. The van der Waals surface area contributed by atoms with Crippen LogP contribution < -0.4 is 61.2 Å². The molecule has 0 aliphatic heterocycles. The van der Waals surface area contributed by atoms with Crippen LogP contribution in [0, 0.1) is 0 Å². The molecule has 0 bridgehead atoms. The molecule has 0 saturated carbocycles. The molecule has 0 saturated heterocycles. The van der Waals surface area contributed by atoms with Crippen molar-refractivity contribution in [2.75, 3.05) is 25.1 Å². The Hall–Kier alpha value is -5.26. The van der Waals surface area contributed by atoms with Gasteiger partial charge in [0.05, 0.1) is 26.6 Å². The third kappa shape index (κ3) is 56.8. The van der Waals surface area contributed by atoms with Crippen LogP contribution in [-0.4, -0.2) is 72.4 Å². The van der Waals surface area contributed by atoms with Crippen molar-refractivity contribution in [3.8, 4) is 23.0 Å². The summed E-state index contributed by atoms with van der Waals surface area (Å²) in [7, 11) is 2.92. The second-order valence-corrected chi connectivity index (χ2v) is 11.8. The number of benzene rings is 2. The van der Waals surface area contributed by atoms with Gasteiger partial charge in [0.1, 0.15) is 32.3 Å². The van der Waals surface area contributed by atoms with Crippen molar-refractivity contribution in [3.05, 3.63) is 93.1 Å². The quantitative estimate of drug-likeness (QED) is 0.0783. The summed E-state index contributed by atoms with van der Waals surface area (Å²) in [6, 6.07) is 20.9. The first-order valence-corrected chi connectivity index (χ1v) is 18.0. The van der Waals surface area contributed by atoms with Gasteiger partial charge < -0.3 is 79.1 Å². The average Bonchev–Trinajstić information content (AvgIpc) is 3.12. The van der Waals surface area contributed by atoms with Gasteiger partial charge in [0.15, 0.2) is 0 Å². The van der Waals surface area contributed by atoms with Crippen molar-refractivity contribution in [2.45, 2.75) is 41.5 Å². The van der Waals surface area contributed by atoms with Gasteiger partial charge in [-0.1, -0.05) is 47.9 Å².